The van der Waals surface area contributed by atoms with E-state index in [9.17, 15) is 4.39 Å². The molecule has 75 valence electrons. The van der Waals surface area contributed by atoms with E-state index in [-0.39, 0.29) is 5.82 Å². The normalized spacial score (nSPS) is 10.6. The van der Waals surface area contributed by atoms with Crippen LogP contribution in [0.2, 0.25) is 0 Å². The van der Waals surface area contributed by atoms with Gasteiger partial charge in [0.15, 0.2) is 0 Å². The summed E-state index contributed by atoms with van der Waals surface area (Å²) in [5.41, 5.74) is 7.74. The third kappa shape index (κ3) is 2.22. The Bertz CT molecular complexity index is 422. The third-order valence-electron chi connectivity index (χ3n) is 2.24. The van der Waals surface area contributed by atoms with Crippen LogP contribution in [0.15, 0.2) is 54.6 Å². The van der Waals surface area contributed by atoms with Gasteiger partial charge in [-0.3, -0.25) is 0 Å². The molecule has 0 aliphatic rings. The predicted molar refractivity (Wildman–Crippen MR) is 58.5 cm³/mol. The van der Waals surface area contributed by atoms with Crippen LogP contribution < -0.4 is 5.73 Å². The average Bonchev–Trinajstić information content (AvgIpc) is 2.30. The fraction of sp³-hybridized carbons (Fsp3) is 0. The molecule has 0 atom stereocenters. The molecule has 0 fully saturated rings. The maximum atomic E-state index is 12.7. The van der Waals surface area contributed by atoms with Crippen molar-refractivity contribution in [1.82, 2.24) is 0 Å². The molecule has 0 aromatic heterocycles. The van der Waals surface area contributed by atoms with Gasteiger partial charge in [0.2, 0.25) is 0 Å². The van der Waals surface area contributed by atoms with E-state index in [2.05, 4.69) is 0 Å². The highest BCUT2D eigenvalue weighted by Gasteiger charge is 2.08. The molecule has 2 aromatic rings. The molecule has 0 saturated heterocycles. The molecule has 1 radical (unpaired) electrons. The van der Waals surface area contributed by atoms with E-state index in [1.54, 1.807) is 12.1 Å². The average molecular weight is 200 g/mol. The zero-order valence-corrected chi connectivity index (χ0v) is 8.15. The molecule has 0 aliphatic carbocycles. The maximum Gasteiger partial charge on any atom is 0.123 e. The highest BCUT2D eigenvalue weighted by Crippen LogP contribution is 2.18. The van der Waals surface area contributed by atoms with Crippen molar-refractivity contribution < 1.29 is 4.39 Å². The molecule has 0 spiro atoms. The summed E-state index contributed by atoms with van der Waals surface area (Å²) >= 11 is 0. The van der Waals surface area contributed by atoms with Crippen LogP contribution in [0, 0.1) is 11.9 Å². The first-order chi connectivity index (χ1) is 7.27. The fourth-order valence-corrected chi connectivity index (χ4v) is 1.41. The summed E-state index contributed by atoms with van der Waals surface area (Å²) in [6.07, 6.45) is 0. The second-order valence-corrected chi connectivity index (χ2v) is 3.29. The van der Waals surface area contributed by atoms with Crippen LogP contribution in [0.3, 0.4) is 0 Å². The minimum Gasteiger partial charge on any atom is -0.316 e. The first-order valence-corrected chi connectivity index (χ1v) is 4.71. The molecule has 2 aromatic carbocycles. The number of hydrogen-bond donors (Lipinski definition) is 1. The van der Waals surface area contributed by atoms with E-state index in [4.69, 9.17) is 5.73 Å². The van der Waals surface area contributed by atoms with Gasteiger partial charge >= 0.3 is 0 Å². The standard InChI is InChI=1S/C13H11FN/c14-12-8-6-11(7-9-12)13(15)10-4-2-1-3-5-10/h1-9H,15H2. The van der Waals surface area contributed by atoms with Crippen LogP contribution in [0.4, 0.5) is 4.39 Å². The zero-order chi connectivity index (χ0) is 10.7. The summed E-state index contributed by atoms with van der Waals surface area (Å²) in [4.78, 5) is 0. The second-order valence-electron chi connectivity index (χ2n) is 3.29. The summed E-state index contributed by atoms with van der Waals surface area (Å²) in [6.45, 7) is 0. The van der Waals surface area contributed by atoms with E-state index in [1.165, 1.54) is 12.1 Å². The van der Waals surface area contributed by atoms with Gasteiger partial charge in [0.25, 0.3) is 0 Å². The molecule has 2 heteroatoms. The Balaban J connectivity index is 2.29. The minimum atomic E-state index is -0.250. The van der Waals surface area contributed by atoms with Gasteiger partial charge in [0, 0.05) is 0 Å². The van der Waals surface area contributed by atoms with Crippen LogP contribution in [0.1, 0.15) is 11.1 Å². The van der Waals surface area contributed by atoms with Crippen molar-refractivity contribution in [1.29, 1.82) is 0 Å². The molecule has 0 heterocycles. The van der Waals surface area contributed by atoms with Crippen LogP contribution in [0.25, 0.3) is 0 Å². The molecule has 0 aliphatic heterocycles. The van der Waals surface area contributed by atoms with Gasteiger partial charge in [-0.15, -0.1) is 0 Å². The smallest absolute Gasteiger partial charge is 0.123 e. The molecule has 0 unspecified atom stereocenters. The summed E-state index contributed by atoms with van der Waals surface area (Å²) < 4.78 is 12.7. The van der Waals surface area contributed by atoms with Crippen molar-refractivity contribution >= 4 is 0 Å². The van der Waals surface area contributed by atoms with Gasteiger partial charge in [-0.2, -0.15) is 0 Å². The fourth-order valence-electron chi connectivity index (χ4n) is 1.41. The molecule has 2 N–H and O–H groups in total. The first-order valence-electron chi connectivity index (χ1n) is 4.71. The monoisotopic (exact) mass is 200 g/mol. The lowest BCUT2D eigenvalue weighted by Crippen LogP contribution is -2.12. The highest BCUT2D eigenvalue weighted by atomic mass is 19.1. The largest absolute Gasteiger partial charge is 0.316 e. The van der Waals surface area contributed by atoms with Crippen molar-refractivity contribution in [2.75, 3.05) is 0 Å². The lowest BCUT2D eigenvalue weighted by Gasteiger charge is -2.10. The van der Waals surface area contributed by atoms with Crippen molar-refractivity contribution in [3.63, 3.8) is 0 Å². The van der Waals surface area contributed by atoms with Gasteiger partial charge in [-0.25, -0.2) is 4.39 Å². The summed E-state index contributed by atoms with van der Waals surface area (Å²) in [6, 6.07) is 16.5. The summed E-state index contributed by atoms with van der Waals surface area (Å²) in [7, 11) is 0. The zero-order valence-electron chi connectivity index (χ0n) is 8.15. The number of nitrogens with two attached hydrogens (primary N) is 1. The molecule has 0 amide bonds. The van der Waals surface area contributed by atoms with Crippen molar-refractivity contribution in [3.8, 4) is 0 Å². The van der Waals surface area contributed by atoms with Crippen LogP contribution >= 0.6 is 0 Å². The number of rotatable bonds is 2. The number of benzene rings is 2. The van der Waals surface area contributed by atoms with Gasteiger partial charge in [-0.1, -0.05) is 42.5 Å². The predicted octanol–water partition coefficient (Wildman–Crippen LogP) is 2.71. The SMILES string of the molecule is N[C](c1ccccc1)c1ccc(F)cc1. The van der Waals surface area contributed by atoms with Crippen molar-refractivity contribution in [3.05, 3.63) is 77.6 Å². The van der Waals surface area contributed by atoms with Gasteiger partial charge < -0.3 is 5.73 Å². The van der Waals surface area contributed by atoms with Crippen LogP contribution in [-0.2, 0) is 0 Å². The second kappa shape index (κ2) is 4.24. The van der Waals surface area contributed by atoms with Crippen LogP contribution in [0.5, 0.6) is 0 Å². The van der Waals surface area contributed by atoms with Gasteiger partial charge in [0.1, 0.15) is 5.82 Å². The Kier molecular flexibility index (Phi) is 2.79. The Morgan fingerprint density at radius 2 is 1.33 bits per heavy atom. The maximum absolute atomic E-state index is 12.7. The summed E-state index contributed by atoms with van der Waals surface area (Å²) in [5, 5.41) is 0. The Hall–Kier alpha value is -1.67. The van der Waals surface area contributed by atoms with Gasteiger partial charge in [0.05, 0.1) is 6.04 Å². The number of hydrogen-bond acceptors (Lipinski definition) is 1. The third-order valence-corrected chi connectivity index (χ3v) is 2.24. The Labute approximate surface area is 88.4 Å². The van der Waals surface area contributed by atoms with E-state index >= 15 is 0 Å². The quantitative estimate of drug-likeness (QED) is 0.792. The lowest BCUT2D eigenvalue weighted by atomic mass is 10.00. The van der Waals surface area contributed by atoms with E-state index in [0.717, 1.165) is 11.1 Å². The van der Waals surface area contributed by atoms with E-state index < -0.39 is 0 Å². The number of halogens is 1. The van der Waals surface area contributed by atoms with E-state index in [0.29, 0.717) is 6.04 Å². The molecular weight excluding hydrogens is 189 g/mol. The summed E-state index contributed by atoms with van der Waals surface area (Å²) in [5.74, 6) is -0.250. The minimum absolute atomic E-state index is 0.250. The Morgan fingerprint density at radius 3 is 1.93 bits per heavy atom. The molecule has 0 bridgehead atoms. The molecule has 2 rings (SSSR count). The van der Waals surface area contributed by atoms with Crippen LogP contribution in [-0.4, -0.2) is 0 Å². The molecule has 0 saturated carbocycles. The van der Waals surface area contributed by atoms with Crippen molar-refractivity contribution in [2.24, 2.45) is 5.73 Å². The van der Waals surface area contributed by atoms with E-state index in [1.807, 2.05) is 30.3 Å². The van der Waals surface area contributed by atoms with Gasteiger partial charge in [-0.05, 0) is 23.3 Å². The molecular formula is C13H11FN. The topological polar surface area (TPSA) is 26.0 Å². The first kappa shape index (κ1) is 9.87. The Morgan fingerprint density at radius 1 is 0.800 bits per heavy atom. The molecule has 1 nitrogen and oxygen atoms in total. The highest BCUT2D eigenvalue weighted by molar-refractivity contribution is 5.43. The lowest BCUT2D eigenvalue weighted by molar-refractivity contribution is 0.627. The molecule has 15 heavy (non-hydrogen) atoms. The van der Waals surface area contributed by atoms with Crippen molar-refractivity contribution in [2.45, 2.75) is 0 Å².